The first-order valence-electron chi connectivity index (χ1n) is 17.3. The second-order valence-electron chi connectivity index (χ2n) is 12.9. The average Bonchev–Trinajstić information content (AvgIpc) is 2.97. The van der Waals surface area contributed by atoms with Gasteiger partial charge in [0.25, 0.3) is 0 Å². The van der Waals surface area contributed by atoms with Crippen LogP contribution >= 0.6 is 0 Å². The summed E-state index contributed by atoms with van der Waals surface area (Å²) in [5.41, 5.74) is 1.16. The van der Waals surface area contributed by atoms with E-state index in [1.807, 2.05) is 0 Å². The van der Waals surface area contributed by atoms with E-state index in [9.17, 15) is 5.11 Å². The van der Waals surface area contributed by atoms with Crippen LogP contribution < -0.4 is 0 Å². The zero-order valence-electron chi connectivity index (χ0n) is 27.3. The van der Waals surface area contributed by atoms with E-state index in [0.29, 0.717) is 5.92 Å². The Balaban J connectivity index is 4.04. The average molecular weight is 754 g/mol. The summed E-state index contributed by atoms with van der Waals surface area (Å²) < 4.78 is 10.4. The normalized spacial score (nSPS) is 14.1. The molecule has 1 rings (SSSR count). The van der Waals surface area contributed by atoms with Crippen LogP contribution in [-0.4, -0.2) is 41.9 Å². The van der Waals surface area contributed by atoms with E-state index in [1.165, 1.54) is 77.0 Å². The summed E-state index contributed by atoms with van der Waals surface area (Å²) in [6.45, 7) is 18.9. The zero-order chi connectivity index (χ0) is 29.0. The molecule has 2 atom stereocenters. The van der Waals surface area contributed by atoms with Gasteiger partial charge in [-0.1, -0.05) is 0 Å². The van der Waals surface area contributed by atoms with Crippen LogP contribution in [0.25, 0.3) is 0 Å². The molecule has 0 aliphatic carbocycles. The standard InChI is InChI=1S/C12H14O.6C4H9.2Sn/c1-3-7-10(2)12(13)11-8-5-4-6-9-11;6*1-3-4-2;;/h2-6,8-10,12-13H,1,7H2;6*1,3-4H2,2H3;;/t10-,12-;;;;;;;;/m1......../s1. The van der Waals surface area contributed by atoms with Gasteiger partial charge in [-0.2, -0.15) is 0 Å². The Hall–Kier alpha value is 0.517. The molecule has 226 valence electrons. The first-order chi connectivity index (χ1) is 19.0. The molecule has 0 saturated heterocycles. The second kappa shape index (κ2) is 22.1. The quantitative estimate of drug-likeness (QED) is 0.0779. The van der Waals surface area contributed by atoms with Crippen molar-refractivity contribution in [2.45, 2.75) is 160 Å². The van der Waals surface area contributed by atoms with Crippen molar-refractivity contribution in [2.75, 3.05) is 0 Å². The summed E-state index contributed by atoms with van der Waals surface area (Å²) in [7, 11) is 0. The van der Waals surface area contributed by atoms with E-state index in [1.54, 1.807) is 26.6 Å². The van der Waals surface area contributed by atoms with Crippen molar-refractivity contribution in [3.05, 3.63) is 48.6 Å². The van der Waals surface area contributed by atoms with Crippen molar-refractivity contribution in [3.63, 3.8) is 0 Å². The van der Waals surface area contributed by atoms with Crippen LogP contribution in [0, 0.1) is 5.92 Å². The Labute approximate surface area is 254 Å². The number of aliphatic hydroxyl groups excluding tert-OH is 1. The number of rotatable bonds is 25. The summed E-state index contributed by atoms with van der Waals surface area (Å²) in [5, 5.41) is 12.4. The van der Waals surface area contributed by atoms with Crippen molar-refractivity contribution in [2.24, 2.45) is 5.92 Å². The molecule has 0 aliphatic heterocycles. The van der Waals surface area contributed by atoms with Gasteiger partial charge < -0.3 is 0 Å². The van der Waals surface area contributed by atoms with E-state index in [-0.39, 0.29) is 6.10 Å². The topological polar surface area (TPSA) is 20.2 Å². The summed E-state index contributed by atoms with van der Waals surface area (Å²) in [6.07, 6.45) is 19.4. The van der Waals surface area contributed by atoms with Gasteiger partial charge in [-0.05, 0) is 0 Å². The molecular weight excluding hydrogens is 686 g/mol. The predicted octanol–water partition coefficient (Wildman–Crippen LogP) is 12.5. The molecule has 0 spiro atoms. The SMILES string of the molecule is C=CC[C@@H]([CH]([Sn]([CH2]CCC)([CH2]CCC)[CH2]CCC)[Sn]([CH2]CCC)([CH2]CCC)[CH2]CCC)[C@@H](O)c1ccccc1. The first-order valence-corrected chi connectivity index (χ1v) is 32.7. The molecule has 0 radical (unpaired) electrons. The maximum atomic E-state index is 12.4. The Kier molecular flexibility index (Phi) is 21.3. The molecule has 0 fully saturated rings. The van der Waals surface area contributed by atoms with E-state index < -0.39 is 36.8 Å². The van der Waals surface area contributed by atoms with Crippen molar-refractivity contribution < 1.29 is 5.11 Å². The fraction of sp³-hybridized carbons (Fsp3) is 0.778. The van der Waals surface area contributed by atoms with Gasteiger partial charge in [0.15, 0.2) is 0 Å². The van der Waals surface area contributed by atoms with Crippen LogP contribution in [0.2, 0.25) is 28.6 Å². The monoisotopic (exact) mass is 756 g/mol. The van der Waals surface area contributed by atoms with Crippen molar-refractivity contribution in [1.29, 1.82) is 0 Å². The van der Waals surface area contributed by atoms with Crippen molar-refractivity contribution in [1.82, 2.24) is 0 Å². The van der Waals surface area contributed by atoms with Gasteiger partial charge in [-0.25, -0.2) is 0 Å². The molecule has 1 aromatic carbocycles. The zero-order valence-corrected chi connectivity index (χ0v) is 33.0. The van der Waals surface area contributed by atoms with Crippen LogP contribution in [0.1, 0.15) is 137 Å². The third kappa shape index (κ3) is 12.0. The molecule has 1 nitrogen and oxygen atoms in total. The number of hydrogen-bond donors (Lipinski definition) is 1. The fourth-order valence-electron chi connectivity index (χ4n) is 7.95. The molecule has 1 aromatic rings. The Morgan fingerprint density at radius 3 is 1.23 bits per heavy atom. The maximum absolute atomic E-state index is 12.4. The Morgan fingerprint density at radius 2 is 0.949 bits per heavy atom. The Bertz CT molecular complexity index is 642. The number of allylic oxidation sites excluding steroid dienone is 1. The summed E-state index contributed by atoms with van der Waals surface area (Å²) in [4.78, 5) is 0. The second-order valence-corrected chi connectivity index (χ2v) is 45.2. The molecule has 1 N–H and O–H groups in total. The van der Waals surface area contributed by atoms with Gasteiger partial charge in [-0.15, -0.1) is 0 Å². The first kappa shape index (κ1) is 37.5. The van der Waals surface area contributed by atoms with Gasteiger partial charge >= 0.3 is 256 Å². The van der Waals surface area contributed by atoms with Crippen molar-refractivity contribution in [3.8, 4) is 0 Å². The third-order valence-electron chi connectivity index (χ3n) is 9.90. The van der Waals surface area contributed by atoms with Gasteiger partial charge in [0.2, 0.25) is 0 Å². The van der Waals surface area contributed by atoms with Crippen LogP contribution in [0.15, 0.2) is 43.0 Å². The molecule has 0 bridgehead atoms. The molecule has 3 heteroatoms. The van der Waals surface area contributed by atoms with Gasteiger partial charge in [0.1, 0.15) is 0 Å². The third-order valence-corrected chi connectivity index (χ3v) is 66.4. The number of benzene rings is 1. The molecular formula is C36H68OSn2. The number of aliphatic hydroxyl groups is 1. The Morgan fingerprint density at radius 1 is 0.615 bits per heavy atom. The number of unbranched alkanes of at least 4 members (excludes halogenated alkanes) is 6. The number of hydrogen-bond acceptors (Lipinski definition) is 1. The van der Waals surface area contributed by atoms with E-state index in [0.717, 1.165) is 13.9 Å². The molecule has 0 aromatic heterocycles. The molecule has 0 unspecified atom stereocenters. The van der Waals surface area contributed by atoms with E-state index >= 15 is 0 Å². The summed E-state index contributed by atoms with van der Waals surface area (Å²) >= 11 is -5.47. The van der Waals surface area contributed by atoms with E-state index in [2.05, 4.69) is 84.5 Å². The van der Waals surface area contributed by atoms with Crippen molar-refractivity contribution >= 4 is 36.8 Å². The molecule has 0 saturated carbocycles. The summed E-state index contributed by atoms with van der Waals surface area (Å²) in [5.74, 6) is 0.396. The van der Waals surface area contributed by atoms with Crippen LogP contribution in [0.4, 0.5) is 0 Å². The minimum absolute atomic E-state index is 0.337. The molecule has 0 heterocycles. The molecule has 0 amide bonds. The van der Waals surface area contributed by atoms with Crippen LogP contribution in [0.5, 0.6) is 0 Å². The molecule has 39 heavy (non-hydrogen) atoms. The minimum atomic E-state index is -2.74. The van der Waals surface area contributed by atoms with E-state index in [4.69, 9.17) is 0 Å². The van der Waals surface area contributed by atoms with Gasteiger partial charge in [0, 0.05) is 0 Å². The predicted molar refractivity (Wildman–Crippen MR) is 183 cm³/mol. The van der Waals surface area contributed by atoms with Crippen LogP contribution in [0.3, 0.4) is 0 Å². The van der Waals surface area contributed by atoms with Gasteiger partial charge in [-0.3, -0.25) is 0 Å². The van der Waals surface area contributed by atoms with Crippen LogP contribution in [-0.2, 0) is 0 Å². The fourth-order valence-corrected chi connectivity index (χ4v) is 87.8. The summed E-state index contributed by atoms with van der Waals surface area (Å²) in [6, 6.07) is 10.8. The van der Waals surface area contributed by atoms with Gasteiger partial charge in [0.05, 0.1) is 0 Å². The molecule has 0 aliphatic rings.